The van der Waals surface area contributed by atoms with Crippen molar-refractivity contribution >= 4 is 9.84 Å². The minimum Gasteiger partial charge on any atom is -0.313 e. The second-order valence-corrected chi connectivity index (χ2v) is 7.46. The summed E-state index contributed by atoms with van der Waals surface area (Å²) >= 11 is 0. The summed E-state index contributed by atoms with van der Waals surface area (Å²) in [4.78, 5) is 0.460. The van der Waals surface area contributed by atoms with Gasteiger partial charge in [-0.25, -0.2) is 8.42 Å². The molecule has 1 aromatic carbocycles. The minimum absolute atomic E-state index is 0.00398. The largest absolute Gasteiger partial charge is 0.313 e. The lowest BCUT2D eigenvalue weighted by Crippen LogP contribution is -2.39. The van der Waals surface area contributed by atoms with Crippen LogP contribution in [0.2, 0.25) is 0 Å². The van der Waals surface area contributed by atoms with Crippen molar-refractivity contribution in [3.05, 3.63) is 29.3 Å². The van der Waals surface area contributed by atoms with Crippen molar-refractivity contribution in [1.29, 1.82) is 0 Å². The van der Waals surface area contributed by atoms with Crippen LogP contribution < -0.4 is 5.32 Å². The van der Waals surface area contributed by atoms with E-state index in [-0.39, 0.29) is 11.8 Å². The van der Waals surface area contributed by atoms with E-state index in [9.17, 15) is 8.42 Å². The molecule has 1 N–H and O–H groups in total. The Bertz CT molecular complexity index is 521. The molecular weight excluding hydrogens is 258 g/mol. The summed E-state index contributed by atoms with van der Waals surface area (Å²) in [5.41, 5.74) is 1.92. The van der Waals surface area contributed by atoms with Crippen LogP contribution in [-0.4, -0.2) is 26.8 Å². The zero-order chi connectivity index (χ0) is 14.6. The van der Waals surface area contributed by atoms with Gasteiger partial charge in [-0.15, -0.1) is 0 Å². The fourth-order valence-electron chi connectivity index (χ4n) is 2.22. The average molecular weight is 283 g/mol. The number of aryl methyl sites for hydroxylation is 2. The third kappa shape index (κ3) is 4.32. The van der Waals surface area contributed by atoms with E-state index >= 15 is 0 Å². The first kappa shape index (κ1) is 16.2. The van der Waals surface area contributed by atoms with E-state index in [1.807, 2.05) is 46.8 Å². The van der Waals surface area contributed by atoms with Crippen molar-refractivity contribution in [3.8, 4) is 0 Å². The second-order valence-electron chi connectivity index (χ2n) is 5.46. The molecule has 0 bridgehead atoms. The quantitative estimate of drug-likeness (QED) is 0.873. The maximum absolute atomic E-state index is 12.5. The molecule has 19 heavy (non-hydrogen) atoms. The molecular formula is C15H25NO2S. The van der Waals surface area contributed by atoms with Crippen molar-refractivity contribution in [2.75, 3.05) is 12.3 Å². The highest BCUT2D eigenvalue weighted by Crippen LogP contribution is 2.20. The minimum atomic E-state index is -3.24. The topological polar surface area (TPSA) is 46.2 Å². The van der Waals surface area contributed by atoms with Gasteiger partial charge in [0.2, 0.25) is 0 Å². The van der Waals surface area contributed by atoms with Crippen LogP contribution in [0, 0.1) is 19.8 Å². The molecule has 0 aliphatic heterocycles. The van der Waals surface area contributed by atoms with E-state index in [4.69, 9.17) is 0 Å². The summed E-state index contributed by atoms with van der Waals surface area (Å²) in [5, 5.41) is 3.26. The molecule has 1 rings (SSSR count). The molecule has 0 spiro atoms. The van der Waals surface area contributed by atoms with Gasteiger partial charge < -0.3 is 5.32 Å². The number of nitrogens with one attached hydrogen (secondary N) is 1. The molecule has 3 nitrogen and oxygen atoms in total. The summed E-state index contributed by atoms with van der Waals surface area (Å²) < 4.78 is 25.0. The van der Waals surface area contributed by atoms with Crippen molar-refractivity contribution in [2.45, 2.75) is 45.6 Å². The number of sulfone groups is 1. The van der Waals surface area contributed by atoms with Crippen LogP contribution in [0.3, 0.4) is 0 Å². The molecule has 4 heteroatoms. The molecule has 1 unspecified atom stereocenters. The van der Waals surface area contributed by atoms with Crippen molar-refractivity contribution in [1.82, 2.24) is 5.32 Å². The van der Waals surface area contributed by atoms with Gasteiger partial charge in [-0.3, -0.25) is 0 Å². The Balaban J connectivity index is 3.03. The van der Waals surface area contributed by atoms with Crippen LogP contribution in [0.1, 0.15) is 31.9 Å². The highest BCUT2D eigenvalue weighted by molar-refractivity contribution is 7.91. The maximum Gasteiger partial charge on any atom is 0.180 e. The molecule has 1 aromatic rings. The fraction of sp³-hybridized carbons (Fsp3) is 0.600. The van der Waals surface area contributed by atoms with E-state index in [0.717, 1.165) is 17.7 Å². The van der Waals surface area contributed by atoms with E-state index in [0.29, 0.717) is 10.8 Å². The Morgan fingerprint density at radius 1 is 1.21 bits per heavy atom. The van der Waals surface area contributed by atoms with Crippen LogP contribution in [-0.2, 0) is 9.84 Å². The Morgan fingerprint density at radius 3 is 2.32 bits per heavy atom. The normalized spacial score (nSPS) is 13.8. The number of benzene rings is 1. The maximum atomic E-state index is 12.5. The van der Waals surface area contributed by atoms with Gasteiger partial charge in [0.1, 0.15) is 0 Å². The molecule has 0 saturated carbocycles. The first-order chi connectivity index (χ1) is 8.77. The predicted octanol–water partition coefficient (Wildman–Crippen LogP) is 2.71. The number of hydrogen-bond acceptors (Lipinski definition) is 3. The molecule has 0 radical (unpaired) electrons. The molecule has 0 fully saturated rings. The van der Waals surface area contributed by atoms with E-state index in [2.05, 4.69) is 5.32 Å². The van der Waals surface area contributed by atoms with Gasteiger partial charge in [-0.2, -0.15) is 0 Å². The predicted molar refractivity (Wildman–Crippen MR) is 80.3 cm³/mol. The Labute approximate surface area is 117 Å². The number of hydrogen-bond donors (Lipinski definition) is 1. The van der Waals surface area contributed by atoms with Gasteiger partial charge in [-0.1, -0.05) is 38.5 Å². The monoisotopic (exact) mass is 283 g/mol. The van der Waals surface area contributed by atoms with E-state index in [1.165, 1.54) is 0 Å². The van der Waals surface area contributed by atoms with Gasteiger partial charge in [0.15, 0.2) is 9.84 Å². The Morgan fingerprint density at radius 2 is 1.84 bits per heavy atom. The van der Waals surface area contributed by atoms with Crippen LogP contribution in [0.5, 0.6) is 0 Å². The van der Waals surface area contributed by atoms with Crippen LogP contribution >= 0.6 is 0 Å². The van der Waals surface area contributed by atoms with E-state index in [1.54, 1.807) is 6.07 Å². The number of rotatable bonds is 6. The molecule has 0 saturated heterocycles. The lowest BCUT2D eigenvalue weighted by molar-refractivity contribution is 0.435. The average Bonchev–Trinajstić information content (AvgIpc) is 2.27. The first-order valence-corrected chi connectivity index (χ1v) is 8.46. The van der Waals surface area contributed by atoms with Crippen molar-refractivity contribution in [3.63, 3.8) is 0 Å². The SMILES string of the molecule is CCNC(CS(=O)(=O)c1ccc(C)cc1C)C(C)C. The second kappa shape index (κ2) is 6.53. The lowest BCUT2D eigenvalue weighted by Gasteiger charge is -2.22. The molecule has 0 aliphatic rings. The zero-order valence-corrected chi connectivity index (χ0v) is 13.3. The molecule has 0 amide bonds. The smallest absolute Gasteiger partial charge is 0.180 e. The molecule has 0 aliphatic carbocycles. The first-order valence-electron chi connectivity index (χ1n) is 6.81. The summed E-state index contributed by atoms with van der Waals surface area (Å²) in [5.74, 6) is 0.447. The molecule has 1 atom stereocenters. The summed E-state index contributed by atoms with van der Waals surface area (Å²) in [7, 11) is -3.24. The summed E-state index contributed by atoms with van der Waals surface area (Å²) in [6.45, 7) is 10.7. The Hall–Kier alpha value is -0.870. The fourth-order valence-corrected chi connectivity index (χ4v) is 4.20. The van der Waals surface area contributed by atoms with Gasteiger partial charge in [-0.05, 0) is 37.9 Å². The highest BCUT2D eigenvalue weighted by Gasteiger charge is 2.24. The third-order valence-electron chi connectivity index (χ3n) is 3.34. The van der Waals surface area contributed by atoms with Crippen LogP contribution in [0.25, 0.3) is 0 Å². The summed E-state index contributed by atoms with van der Waals surface area (Å²) in [6.07, 6.45) is 0. The third-order valence-corrected chi connectivity index (χ3v) is 5.26. The molecule has 0 heterocycles. The van der Waals surface area contributed by atoms with E-state index < -0.39 is 9.84 Å². The molecule has 0 aromatic heterocycles. The van der Waals surface area contributed by atoms with Crippen LogP contribution in [0.15, 0.2) is 23.1 Å². The molecule has 108 valence electrons. The lowest BCUT2D eigenvalue weighted by atomic mass is 10.1. The van der Waals surface area contributed by atoms with Gasteiger partial charge >= 0.3 is 0 Å². The van der Waals surface area contributed by atoms with Crippen LogP contribution in [0.4, 0.5) is 0 Å². The van der Waals surface area contributed by atoms with Crippen molar-refractivity contribution in [2.24, 2.45) is 5.92 Å². The van der Waals surface area contributed by atoms with Gasteiger partial charge in [0.05, 0.1) is 10.6 Å². The standard InChI is InChI=1S/C15H25NO2S/c1-6-16-14(11(2)3)10-19(17,18)15-8-7-12(4)9-13(15)5/h7-9,11,14,16H,6,10H2,1-5H3. The van der Waals surface area contributed by atoms with Crippen molar-refractivity contribution < 1.29 is 8.42 Å². The van der Waals surface area contributed by atoms with Gasteiger partial charge in [0.25, 0.3) is 0 Å². The zero-order valence-electron chi connectivity index (χ0n) is 12.5. The highest BCUT2D eigenvalue weighted by atomic mass is 32.2. The Kier molecular flexibility index (Phi) is 5.56. The summed E-state index contributed by atoms with van der Waals surface area (Å²) in [6, 6.07) is 5.50. The van der Waals surface area contributed by atoms with Gasteiger partial charge in [0, 0.05) is 6.04 Å².